The minimum atomic E-state index is -0.204. The number of aryl methyl sites for hydroxylation is 1. The van der Waals surface area contributed by atoms with Crippen molar-refractivity contribution in [2.24, 2.45) is 0 Å². The third-order valence-electron chi connectivity index (χ3n) is 5.63. The largest absolute Gasteiger partial charge is 0.507 e. The summed E-state index contributed by atoms with van der Waals surface area (Å²) in [5.74, 6) is 3.05. The van der Waals surface area contributed by atoms with Crippen LogP contribution in [0.5, 0.6) is 5.75 Å². The van der Waals surface area contributed by atoms with Crippen LogP contribution in [0.15, 0.2) is 45.7 Å². The van der Waals surface area contributed by atoms with Crippen molar-refractivity contribution in [2.75, 3.05) is 5.75 Å². The molecule has 0 bridgehead atoms. The zero-order valence-corrected chi connectivity index (χ0v) is 22.6. The first kappa shape index (κ1) is 25.7. The maximum Gasteiger partial charge on any atom is 0.226 e. The van der Waals surface area contributed by atoms with Crippen LogP contribution in [0.3, 0.4) is 0 Å². The summed E-state index contributed by atoms with van der Waals surface area (Å²) in [6.45, 7) is 17.0. The van der Waals surface area contributed by atoms with Crippen molar-refractivity contribution in [2.45, 2.75) is 83.5 Å². The van der Waals surface area contributed by atoms with Crippen LogP contribution in [0.2, 0.25) is 5.02 Å². The van der Waals surface area contributed by atoms with Crippen LogP contribution in [0.4, 0.5) is 0 Å². The van der Waals surface area contributed by atoms with Crippen molar-refractivity contribution in [3.8, 4) is 17.2 Å². The molecule has 0 unspecified atom stereocenters. The summed E-state index contributed by atoms with van der Waals surface area (Å²) >= 11 is 7.89. The molecule has 0 amide bonds. The average Bonchev–Trinajstić information content (AvgIpc) is 3.11. The van der Waals surface area contributed by atoms with E-state index < -0.39 is 0 Å². The zero-order chi connectivity index (χ0) is 24.6. The van der Waals surface area contributed by atoms with Gasteiger partial charge >= 0.3 is 0 Å². The van der Waals surface area contributed by atoms with Crippen LogP contribution in [0.25, 0.3) is 11.5 Å². The second-order valence-electron chi connectivity index (χ2n) is 11.0. The Morgan fingerprint density at radius 3 is 2.12 bits per heavy atom. The molecule has 178 valence electrons. The number of thioether (sulfide) groups is 1. The van der Waals surface area contributed by atoms with Crippen LogP contribution in [0.1, 0.15) is 83.9 Å². The fourth-order valence-electron chi connectivity index (χ4n) is 3.84. The van der Waals surface area contributed by atoms with Gasteiger partial charge in [-0.15, -0.1) is 11.8 Å². The maximum atomic E-state index is 11.1. The number of halogens is 1. The Morgan fingerprint density at radius 2 is 1.61 bits per heavy atom. The molecule has 3 nitrogen and oxygen atoms in total. The SMILES string of the molecule is CC(C)c1oc(-c2cc(C(C)(C)C)c(O)c(C(C)(C)C)c2)nc1CCSc1cccc(Cl)c1. The molecule has 0 aliphatic rings. The molecule has 0 aliphatic carbocycles. The number of hydrogen-bond acceptors (Lipinski definition) is 4. The van der Waals surface area contributed by atoms with E-state index in [9.17, 15) is 5.11 Å². The van der Waals surface area contributed by atoms with Crippen molar-refractivity contribution in [3.05, 3.63) is 64.0 Å². The third kappa shape index (κ3) is 6.16. The number of phenolic OH excluding ortho intramolecular Hbond substituents is 1. The molecule has 2 aromatic carbocycles. The Labute approximate surface area is 208 Å². The highest BCUT2D eigenvalue weighted by atomic mass is 35.5. The van der Waals surface area contributed by atoms with Gasteiger partial charge in [0.05, 0.1) is 5.69 Å². The predicted octanol–water partition coefficient (Wildman–Crippen LogP) is 8.75. The molecule has 1 aromatic heterocycles. The molecule has 1 heterocycles. The lowest BCUT2D eigenvalue weighted by Crippen LogP contribution is -2.17. The van der Waals surface area contributed by atoms with Gasteiger partial charge in [-0.05, 0) is 41.2 Å². The Morgan fingerprint density at radius 1 is 1.00 bits per heavy atom. The van der Waals surface area contributed by atoms with Gasteiger partial charge in [-0.1, -0.05) is 73.1 Å². The van der Waals surface area contributed by atoms with Gasteiger partial charge in [-0.3, -0.25) is 0 Å². The molecule has 3 rings (SSSR count). The van der Waals surface area contributed by atoms with Gasteiger partial charge in [0.25, 0.3) is 0 Å². The number of oxazole rings is 1. The molecular formula is C28H36ClNO2S. The minimum Gasteiger partial charge on any atom is -0.507 e. The fourth-order valence-corrected chi connectivity index (χ4v) is 5.01. The van der Waals surface area contributed by atoms with Crippen LogP contribution >= 0.6 is 23.4 Å². The van der Waals surface area contributed by atoms with E-state index in [0.717, 1.165) is 50.2 Å². The van der Waals surface area contributed by atoms with E-state index >= 15 is 0 Å². The van der Waals surface area contributed by atoms with Crippen molar-refractivity contribution in [3.63, 3.8) is 0 Å². The first-order chi connectivity index (χ1) is 15.3. The topological polar surface area (TPSA) is 46.3 Å². The van der Waals surface area contributed by atoms with E-state index in [1.165, 1.54) is 0 Å². The van der Waals surface area contributed by atoms with Gasteiger partial charge in [0.2, 0.25) is 5.89 Å². The van der Waals surface area contributed by atoms with E-state index in [1.807, 2.05) is 30.3 Å². The van der Waals surface area contributed by atoms with Crippen molar-refractivity contribution < 1.29 is 9.52 Å². The van der Waals surface area contributed by atoms with Crippen LogP contribution in [-0.4, -0.2) is 15.8 Å². The Hall–Kier alpha value is -1.91. The van der Waals surface area contributed by atoms with Crippen LogP contribution in [-0.2, 0) is 17.3 Å². The smallest absolute Gasteiger partial charge is 0.226 e. The zero-order valence-electron chi connectivity index (χ0n) is 21.0. The lowest BCUT2D eigenvalue weighted by Gasteiger charge is -2.27. The van der Waals surface area contributed by atoms with E-state index in [4.69, 9.17) is 21.0 Å². The first-order valence-corrected chi connectivity index (χ1v) is 12.9. The number of aromatic nitrogens is 1. The van der Waals surface area contributed by atoms with Gasteiger partial charge in [-0.2, -0.15) is 0 Å². The number of hydrogen-bond donors (Lipinski definition) is 1. The minimum absolute atomic E-state index is 0.204. The molecule has 0 saturated carbocycles. The molecular weight excluding hydrogens is 450 g/mol. The summed E-state index contributed by atoms with van der Waals surface area (Å²) in [5.41, 5.74) is 3.32. The van der Waals surface area contributed by atoms with Crippen LogP contribution < -0.4 is 0 Å². The maximum absolute atomic E-state index is 11.1. The lowest BCUT2D eigenvalue weighted by atomic mass is 9.78. The Kier molecular flexibility index (Phi) is 7.60. The summed E-state index contributed by atoms with van der Waals surface area (Å²) < 4.78 is 6.34. The second kappa shape index (κ2) is 9.76. The molecule has 3 aromatic rings. The molecule has 0 spiro atoms. The van der Waals surface area contributed by atoms with Crippen molar-refractivity contribution in [1.29, 1.82) is 0 Å². The van der Waals surface area contributed by atoms with Gasteiger partial charge in [0.1, 0.15) is 11.5 Å². The first-order valence-electron chi connectivity index (χ1n) is 11.5. The summed E-state index contributed by atoms with van der Waals surface area (Å²) in [7, 11) is 0. The molecule has 0 atom stereocenters. The summed E-state index contributed by atoms with van der Waals surface area (Å²) in [4.78, 5) is 6.09. The molecule has 5 heteroatoms. The lowest BCUT2D eigenvalue weighted by molar-refractivity contribution is 0.423. The van der Waals surface area contributed by atoms with Crippen molar-refractivity contribution in [1.82, 2.24) is 4.98 Å². The van der Waals surface area contributed by atoms with E-state index in [2.05, 4.69) is 61.5 Å². The molecule has 33 heavy (non-hydrogen) atoms. The molecule has 0 radical (unpaired) electrons. The predicted molar refractivity (Wildman–Crippen MR) is 141 cm³/mol. The molecule has 0 fully saturated rings. The quantitative estimate of drug-likeness (QED) is 0.354. The Bertz CT molecular complexity index is 1080. The number of phenols is 1. The standard InChI is InChI=1S/C28H36ClNO2S/c1-17(2)25-23(12-13-33-20-11-9-10-19(29)16-20)30-26(32-25)18-14-21(27(3,4)5)24(31)22(15-18)28(6,7)8/h9-11,14-17,31H,12-13H2,1-8H3. The summed E-state index contributed by atoms with van der Waals surface area (Å²) in [6, 6.07) is 12.0. The van der Waals surface area contributed by atoms with Crippen LogP contribution in [0, 0.1) is 0 Å². The van der Waals surface area contributed by atoms with Gasteiger partial charge in [0.15, 0.2) is 0 Å². The van der Waals surface area contributed by atoms with Gasteiger partial charge < -0.3 is 9.52 Å². The molecule has 0 aliphatic heterocycles. The highest BCUT2D eigenvalue weighted by Gasteiger charge is 2.28. The summed E-state index contributed by atoms with van der Waals surface area (Å²) in [6.07, 6.45) is 0.810. The number of rotatable bonds is 6. The van der Waals surface area contributed by atoms with Crippen molar-refractivity contribution >= 4 is 23.4 Å². The average molecular weight is 486 g/mol. The van der Waals surface area contributed by atoms with E-state index in [1.54, 1.807) is 11.8 Å². The Balaban J connectivity index is 1.98. The molecule has 0 saturated heterocycles. The monoisotopic (exact) mass is 485 g/mol. The number of benzene rings is 2. The highest BCUT2D eigenvalue weighted by Crippen LogP contribution is 2.42. The highest BCUT2D eigenvalue weighted by molar-refractivity contribution is 7.99. The van der Waals surface area contributed by atoms with Gasteiger partial charge in [0, 0.05) is 44.7 Å². The van der Waals surface area contributed by atoms with E-state index in [-0.39, 0.29) is 16.7 Å². The molecule has 1 N–H and O–H groups in total. The third-order valence-corrected chi connectivity index (χ3v) is 6.86. The summed E-state index contributed by atoms with van der Waals surface area (Å²) in [5, 5.41) is 11.8. The second-order valence-corrected chi connectivity index (χ2v) is 12.6. The fraction of sp³-hybridized carbons (Fsp3) is 0.464. The van der Waals surface area contributed by atoms with Gasteiger partial charge in [-0.25, -0.2) is 4.98 Å². The van der Waals surface area contributed by atoms with E-state index in [0.29, 0.717) is 11.6 Å². The number of aromatic hydroxyl groups is 1. The normalized spacial score (nSPS) is 12.5. The number of nitrogens with zero attached hydrogens (tertiary/aromatic N) is 1.